The summed E-state index contributed by atoms with van der Waals surface area (Å²) in [5.41, 5.74) is 0. The molecule has 3 nitrogen and oxygen atoms in total. The molecule has 0 amide bonds. The molecule has 0 spiro atoms. The molecular formula is C6H13ClN2O. The molecule has 0 aliphatic heterocycles. The third-order valence-electron chi connectivity index (χ3n) is 0.888. The fourth-order valence-corrected chi connectivity index (χ4v) is 0.568. The molecule has 0 heterocycles. The van der Waals surface area contributed by atoms with Gasteiger partial charge in [-0.25, -0.2) is 0 Å². The number of hydrogen-bond donors (Lipinski definition) is 3. The van der Waals surface area contributed by atoms with Crippen molar-refractivity contribution in [2.45, 2.75) is 6.35 Å². The quantitative estimate of drug-likeness (QED) is 0.291. The zero-order valence-corrected chi connectivity index (χ0v) is 6.56. The Morgan fingerprint density at radius 1 is 1.60 bits per heavy atom. The lowest BCUT2D eigenvalue weighted by Crippen LogP contribution is -2.42. The lowest BCUT2D eigenvalue weighted by molar-refractivity contribution is 0.108. The maximum Gasteiger partial charge on any atom is 0.160 e. The van der Waals surface area contributed by atoms with Crippen LogP contribution in [0, 0.1) is 0 Å². The molecule has 0 saturated carbocycles. The molecule has 10 heavy (non-hydrogen) atoms. The van der Waals surface area contributed by atoms with Gasteiger partial charge in [-0.3, -0.25) is 10.6 Å². The van der Waals surface area contributed by atoms with Crippen LogP contribution in [0.15, 0.2) is 12.7 Å². The number of alkyl halides is 1. The summed E-state index contributed by atoms with van der Waals surface area (Å²) in [5.74, 6) is 0.493. The third kappa shape index (κ3) is 6.04. The average molecular weight is 165 g/mol. The summed E-state index contributed by atoms with van der Waals surface area (Å²) in [6.07, 6.45) is 0.989. The van der Waals surface area contributed by atoms with Crippen molar-refractivity contribution < 1.29 is 5.11 Å². The summed E-state index contributed by atoms with van der Waals surface area (Å²) >= 11 is 5.36. The summed E-state index contributed by atoms with van der Waals surface area (Å²) in [6, 6.07) is 0. The second-order valence-electron chi connectivity index (χ2n) is 1.74. The average Bonchev–Trinajstić information content (AvgIpc) is 1.97. The first kappa shape index (κ1) is 9.91. The van der Waals surface area contributed by atoms with E-state index in [1.54, 1.807) is 6.08 Å². The number of aliphatic hydroxyl groups is 1. The number of hydrogen-bond acceptors (Lipinski definition) is 3. The van der Waals surface area contributed by atoms with Gasteiger partial charge in [0.25, 0.3) is 0 Å². The second-order valence-corrected chi connectivity index (χ2v) is 2.12. The Hall–Kier alpha value is -0.0900. The molecule has 0 fully saturated rings. The highest BCUT2D eigenvalue weighted by Gasteiger charge is 1.96. The van der Waals surface area contributed by atoms with E-state index >= 15 is 0 Å². The maximum absolute atomic E-state index is 8.98. The van der Waals surface area contributed by atoms with E-state index in [9.17, 15) is 0 Å². The van der Waals surface area contributed by atoms with Crippen LogP contribution in [0.25, 0.3) is 0 Å². The standard InChI is InChI=1S/C6H13ClN2O/c1-2-4-8-6(10)9-5-3-7/h2,6,8-10H,1,3-5H2. The minimum absolute atomic E-state index is 0.493. The third-order valence-corrected chi connectivity index (χ3v) is 1.08. The van der Waals surface area contributed by atoms with E-state index in [2.05, 4.69) is 17.2 Å². The molecule has 0 saturated heterocycles. The minimum Gasteiger partial charge on any atom is -0.365 e. The number of halogens is 1. The van der Waals surface area contributed by atoms with E-state index in [0.717, 1.165) is 0 Å². The molecule has 0 aromatic heterocycles. The van der Waals surface area contributed by atoms with Crippen molar-refractivity contribution in [3.05, 3.63) is 12.7 Å². The van der Waals surface area contributed by atoms with Crippen molar-refractivity contribution in [1.82, 2.24) is 10.6 Å². The Bertz CT molecular complexity index is 89.8. The molecule has 0 bridgehead atoms. The maximum atomic E-state index is 8.98. The van der Waals surface area contributed by atoms with Crippen molar-refractivity contribution in [1.29, 1.82) is 0 Å². The first-order chi connectivity index (χ1) is 4.81. The molecule has 4 heteroatoms. The van der Waals surface area contributed by atoms with Gasteiger partial charge in [-0.1, -0.05) is 6.08 Å². The van der Waals surface area contributed by atoms with Crippen molar-refractivity contribution in [3.63, 3.8) is 0 Å². The highest BCUT2D eigenvalue weighted by atomic mass is 35.5. The number of rotatable bonds is 6. The predicted molar refractivity (Wildman–Crippen MR) is 42.9 cm³/mol. The highest BCUT2D eigenvalue weighted by molar-refractivity contribution is 6.18. The van der Waals surface area contributed by atoms with E-state index in [-0.39, 0.29) is 0 Å². The molecule has 0 aromatic carbocycles. The summed E-state index contributed by atoms with van der Waals surface area (Å²) in [7, 11) is 0. The van der Waals surface area contributed by atoms with Gasteiger partial charge >= 0.3 is 0 Å². The first-order valence-electron chi connectivity index (χ1n) is 3.13. The van der Waals surface area contributed by atoms with Crippen LogP contribution in [0.4, 0.5) is 0 Å². The monoisotopic (exact) mass is 164 g/mol. The molecule has 0 rings (SSSR count). The number of aliphatic hydroxyl groups excluding tert-OH is 1. The van der Waals surface area contributed by atoms with Gasteiger partial charge in [-0.05, 0) is 0 Å². The fraction of sp³-hybridized carbons (Fsp3) is 0.667. The fourth-order valence-electron chi connectivity index (χ4n) is 0.458. The van der Waals surface area contributed by atoms with Gasteiger partial charge in [0.15, 0.2) is 6.35 Å². The van der Waals surface area contributed by atoms with E-state index < -0.39 is 6.35 Å². The van der Waals surface area contributed by atoms with E-state index in [1.807, 2.05) is 0 Å². The Kier molecular flexibility index (Phi) is 6.96. The topological polar surface area (TPSA) is 44.3 Å². The lowest BCUT2D eigenvalue weighted by Gasteiger charge is -2.11. The van der Waals surface area contributed by atoms with Gasteiger partial charge < -0.3 is 5.11 Å². The summed E-state index contributed by atoms with van der Waals surface area (Å²) < 4.78 is 0. The van der Waals surface area contributed by atoms with Gasteiger partial charge in [-0.2, -0.15) is 0 Å². The Labute approximate surface area is 66.1 Å². The van der Waals surface area contributed by atoms with Gasteiger partial charge in [0.05, 0.1) is 0 Å². The van der Waals surface area contributed by atoms with E-state index in [1.165, 1.54) is 0 Å². The molecule has 0 aliphatic rings. The SMILES string of the molecule is C=CCNC(O)NCCCl. The molecule has 1 atom stereocenters. The predicted octanol–water partition coefficient (Wildman–Crippen LogP) is -0.134. The number of nitrogens with one attached hydrogen (secondary N) is 2. The van der Waals surface area contributed by atoms with Crippen LogP contribution in [-0.2, 0) is 0 Å². The molecular weight excluding hydrogens is 152 g/mol. The van der Waals surface area contributed by atoms with Crippen molar-refractivity contribution in [2.24, 2.45) is 0 Å². The molecule has 0 radical (unpaired) electrons. The first-order valence-corrected chi connectivity index (χ1v) is 3.66. The van der Waals surface area contributed by atoms with E-state index in [4.69, 9.17) is 16.7 Å². The Morgan fingerprint density at radius 3 is 2.80 bits per heavy atom. The summed E-state index contributed by atoms with van der Waals surface area (Å²) in [6.45, 7) is 4.66. The van der Waals surface area contributed by atoms with Gasteiger partial charge in [0.2, 0.25) is 0 Å². The minimum atomic E-state index is -0.684. The van der Waals surface area contributed by atoms with Crippen molar-refractivity contribution in [3.8, 4) is 0 Å². The normalized spacial score (nSPS) is 13.0. The molecule has 0 aliphatic carbocycles. The van der Waals surface area contributed by atoms with Gasteiger partial charge in [0.1, 0.15) is 0 Å². The Balaban J connectivity index is 3.07. The summed E-state index contributed by atoms with van der Waals surface area (Å²) in [4.78, 5) is 0. The van der Waals surface area contributed by atoms with Gasteiger partial charge in [-0.15, -0.1) is 18.2 Å². The summed E-state index contributed by atoms with van der Waals surface area (Å²) in [5, 5.41) is 14.4. The van der Waals surface area contributed by atoms with Crippen LogP contribution >= 0.6 is 11.6 Å². The highest BCUT2D eigenvalue weighted by Crippen LogP contribution is 1.73. The van der Waals surface area contributed by atoms with Crippen molar-refractivity contribution in [2.75, 3.05) is 19.0 Å². The van der Waals surface area contributed by atoms with Gasteiger partial charge in [0, 0.05) is 19.0 Å². The van der Waals surface area contributed by atoms with Crippen LogP contribution in [0.5, 0.6) is 0 Å². The second kappa shape index (κ2) is 7.02. The zero-order chi connectivity index (χ0) is 7.82. The largest absolute Gasteiger partial charge is 0.365 e. The van der Waals surface area contributed by atoms with E-state index in [0.29, 0.717) is 19.0 Å². The smallest absolute Gasteiger partial charge is 0.160 e. The van der Waals surface area contributed by atoms with Crippen LogP contribution in [0.1, 0.15) is 0 Å². The van der Waals surface area contributed by atoms with Crippen LogP contribution in [-0.4, -0.2) is 30.4 Å². The molecule has 3 N–H and O–H groups in total. The Morgan fingerprint density at radius 2 is 2.30 bits per heavy atom. The van der Waals surface area contributed by atoms with Crippen LogP contribution < -0.4 is 10.6 Å². The molecule has 60 valence electrons. The molecule has 1 unspecified atom stereocenters. The molecule has 0 aromatic rings. The van der Waals surface area contributed by atoms with Crippen LogP contribution in [0.2, 0.25) is 0 Å². The lowest BCUT2D eigenvalue weighted by atomic mass is 10.6. The van der Waals surface area contributed by atoms with Crippen molar-refractivity contribution >= 4 is 11.6 Å². The van der Waals surface area contributed by atoms with Crippen LogP contribution in [0.3, 0.4) is 0 Å². The zero-order valence-electron chi connectivity index (χ0n) is 5.81.